The van der Waals surface area contributed by atoms with Crippen LogP contribution in [0.4, 0.5) is 0 Å². The van der Waals surface area contributed by atoms with Crippen LogP contribution in [0.5, 0.6) is 5.75 Å². The number of benzene rings is 1. The van der Waals surface area contributed by atoms with Crippen molar-refractivity contribution in [3.05, 3.63) is 29.8 Å². The van der Waals surface area contributed by atoms with Crippen molar-refractivity contribution in [1.29, 1.82) is 0 Å². The maximum atomic E-state index is 5.31. The van der Waals surface area contributed by atoms with E-state index < -0.39 is 0 Å². The first-order valence-electron chi connectivity index (χ1n) is 6.58. The highest BCUT2D eigenvalue weighted by molar-refractivity contribution is 5.31. The van der Waals surface area contributed by atoms with Gasteiger partial charge in [-0.1, -0.05) is 26.0 Å². The summed E-state index contributed by atoms with van der Waals surface area (Å²) < 4.78 is 5.31. The fourth-order valence-electron chi connectivity index (χ4n) is 2.74. The molecule has 1 aromatic carbocycles. The van der Waals surface area contributed by atoms with Crippen LogP contribution in [0.2, 0.25) is 0 Å². The van der Waals surface area contributed by atoms with Crippen molar-refractivity contribution in [2.45, 2.75) is 32.7 Å². The number of hydrogen-bond acceptors (Lipinski definition) is 2. The number of methoxy groups -OCH3 is 1. The summed E-state index contributed by atoms with van der Waals surface area (Å²) in [6.45, 7) is 7.02. The minimum Gasteiger partial charge on any atom is -0.497 e. The lowest BCUT2D eigenvalue weighted by Crippen LogP contribution is -2.27. The van der Waals surface area contributed by atoms with Gasteiger partial charge in [0.05, 0.1) is 7.11 Å². The van der Waals surface area contributed by atoms with Crippen LogP contribution in [0.3, 0.4) is 0 Å². The lowest BCUT2D eigenvalue weighted by atomic mass is 10.0. The van der Waals surface area contributed by atoms with Crippen LogP contribution in [0.1, 0.15) is 38.3 Å². The number of likely N-dealkylation sites (tertiary alicyclic amines) is 1. The molecule has 0 bridgehead atoms. The number of nitrogens with zero attached hydrogens (tertiary/aromatic N) is 1. The Morgan fingerprint density at radius 1 is 1.41 bits per heavy atom. The Hall–Kier alpha value is -1.02. The average molecular weight is 233 g/mol. The van der Waals surface area contributed by atoms with Crippen molar-refractivity contribution in [3.8, 4) is 5.75 Å². The predicted octanol–water partition coefficient (Wildman–Crippen LogP) is 3.49. The first-order chi connectivity index (χ1) is 8.20. The third kappa shape index (κ3) is 3.01. The second-order valence-electron chi connectivity index (χ2n) is 5.32. The van der Waals surface area contributed by atoms with E-state index in [1.165, 1.54) is 31.5 Å². The van der Waals surface area contributed by atoms with E-state index >= 15 is 0 Å². The molecule has 17 heavy (non-hydrogen) atoms. The van der Waals surface area contributed by atoms with Gasteiger partial charge in [-0.25, -0.2) is 0 Å². The van der Waals surface area contributed by atoms with Crippen LogP contribution in [-0.4, -0.2) is 25.1 Å². The molecule has 0 spiro atoms. The Bertz CT molecular complexity index is 362. The van der Waals surface area contributed by atoms with Gasteiger partial charge in [-0.2, -0.15) is 0 Å². The molecule has 2 rings (SSSR count). The zero-order valence-electron chi connectivity index (χ0n) is 11.1. The number of hydrogen-bond donors (Lipinski definition) is 0. The second kappa shape index (κ2) is 5.54. The van der Waals surface area contributed by atoms with Gasteiger partial charge in [-0.15, -0.1) is 0 Å². The molecular formula is C15H23NO. The lowest BCUT2D eigenvalue weighted by molar-refractivity contribution is 0.228. The van der Waals surface area contributed by atoms with Crippen LogP contribution in [0, 0.1) is 5.92 Å². The molecule has 0 radical (unpaired) electrons. The van der Waals surface area contributed by atoms with E-state index in [2.05, 4.69) is 36.9 Å². The zero-order valence-corrected chi connectivity index (χ0v) is 11.1. The summed E-state index contributed by atoms with van der Waals surface area (Å²) in [7, 11) is 1.74. The van der Waals surface area contributed by atoms with Gasteiger partial charge in [0.25, 0.3) is 0 Å². The van der Waals surface area contributed by atoms with E-state index in [1.54, 1.807) is 7.11 Å². The standard InChI is InChI=1S/C15H23NO/c1-12(2)11-16-9-5-8-15(16)13-6-4-7-14(10-13)17-3/h4,6-7,10,12,15H,5,8-9,11H2,1-3H3/t15-/m0/s1. The Balaban J connectivity index is 2.14. The predicted molar refractivity (Wildman–Crippen MR) is 71.4 cm³/mol. The summed E-state index contributed by atoms with van der Waals surface area (Å²) in [5.74, 6) is 1.71. The molecule has 1 fully saturated rings. The Kier molecular flexibility index (Phi) is 4.06. The first kappa shape index (κ1) is 12.4. The van der Waals surface area contributed by atoms with Crippen LogP contribution in [-0.2, 0) is 0 Å². The summed E-state index contributed by atoms with van der Waals surface area (Å²) in [5, 5.41) is 0. The largest absolute Gasteiger partial charge is 0.497 e. The van der Waals surface area contributed by atoms with E-state index in [0.717, 1.165) is 11.7 Å². The van der Waals surface area contributed by atoms with Gasteiger partial charge >= 0.3 is 0 Å². The summed E-state index contributed by atoms with van der Waals surface area (Å²) in [4.78, 5) is 2.61. The molecular weight excluding hydrogens is 210 g/mol. The number of ether oxygens (including phenoxy) is 1. The van der Waals surface area contributed by atoms with Crippen molar-refractivity contribution >= 4 is 0 Å². The molecule has 2 heteroatoms. The van der Waals surface area contributed by atoms with Crippen LogP contribution in [0.15, 0.2) is 24.3 Å². The van der Waals surface area contributed by atoms with Gasteiger partial charge in [0.2, 0.25) is 0 Å². The third-order valence-corrected chi connectivity index (χ3v) is 3.44. The summed E-state index contributed by atoms with van der Waals surface area (Å²) in [5.41, 5.74) is 1.41. The molecule has 2 nitrogen and oxygen atoms in total. The molecule has 1 aliphatic heterocycles. The fourth-order valence-corrected chi connectivity index (χ4v) is 2.74. The molecule has 1 atom stereocenters. The molecule has 1 aromatic rings. The highest BCUT2D eigenvalue weighted by atomic mass is 16.5. The van der Waals surface area contributed by atoms with Gasteiger partial charge in [0.15, 0.2) is 0 Å². The third-order valence-electron chi connectivity index (χ3n) is 3.44. The molecule has 1 saturated heterocycles. The van der Waals surface area contributed by atoms with Crippen LogP contribution >= 0.6 is 0 Å². The molecule has 1 heterocycles. The molecule has 0 amide bonds. The minimum absolute atomic E-state index is 0.590. The minimum atomic E-state index is 0.590. The van der Waals surface area contributed by atoms with E-state index in [1.807, 2.05) is 6.07 Å². The quantitative estimate of drug-likeness (QED) is 0.789. The fraction of sp³-hybridized carbons (Fsp3) is 0.600. The molecule has 1 aliphatic rings. The highest BCUT2D eigenvalue weighted by Gasteiger charge is 2.26. The zero-order chi connectivity index (χ0) is 12.3. The molecule has 94 valence electrons. The Morgan fingerprint density at radius 3 is 2.94 bits per heavy atom. The maximum Gasteiger partial charge on any atom is 0.119 e. The smallest absolute Gasteiger partial charge is 0.119 e. The van der Waals surface area contributed by atoms with Gasteiger partial charge in [0, 0.05) is 12.6 Å². The van der Waals surface area contributed by atoms with Crippen molar-refractivity contribution in [1.82, 2.24) is 4.90 Å². The molecule has 0 aliphatic carbocycles. The Morgan fingerprint density at radius 2 is 2.24 bits per heavy atom. The summed E-state index contributed by atoms with van der Waals surface area (Å²) in [6.07, 6.45) is 2.59. The number of rotatable bonds is 4. The monoisotopic (exact) mass is 233 g/mol. The molecule has 0 saturated carbocycles. The summed E-state index contributed by atoms with van der Waals surface area (Å²) >= 11 is 0. The normalized spacial score (nSPS) is 21.1. The topological polar surface area (TPSA) is 12.5 Å². The molecule has 0 N–H and O–H groups in total. The Labute approximate surface area is 105 Å². The van der Waals surface area contributed by atoms with Crippen molar-refractivity contribution in [2.24, 2.45) is 5.92 Å². The van der Waals surface area contributed by atoms with Gasteiger partial charge in [0.1, 0.15) is 5.75 Å². The lowest BCUT2D eigenvalue weighted by Gasteiger charge is -2.26. The SMILES string of the molecule is COc1cccc([C@@H]2CCCN2CC(C)C)c1. The average Bonchev–Trinajstić information content (AvgIpc) is 2.76. The molecule has 0 unspecified atom stereocenters. The van der Waals surface area contributed by atoms with E-state index in [0.29, 0.717) is 6.04 Å². The van der Waals surface area contributed by atoms with Crippen molar-refractivity contribution in [3.63, 3.8) is 0 Å². The van der Waals surface area contributed by atoms with E-state index in [4.69, 9.17) is 4.74 Å². The first-order valence-corrected chi connectivity index (χ1v) is 6.58. The van der Waals surface area contributed by atoms with Crippen molar-refractivity contribution in [2.75, 3.05) is 20.2 Å². The highest BCUT2D eigenvalue weighted by Crippen LogP contribution is 2.33. The van der Waals surface area contributed by atoms with E-state index in [-0.39, 0.29) is 0 Å². The second-order valence-corrected chi connectivity index (χ2v) is 5.32. The summed E-state index contributed by atoms with van der Waals surface area (Å²) in [6, 6.07) is 9.12. The van der Waals surface area contributed by atoms with Gasteiger partial charge < -0.3 is 4.74 Å². The van der Waals surface area contributed by atoms with Crippen LogP contribution < -0.4 is 4.74 Å². The van der Waals surface area contributed by atoms with Crippen LogP contribution in [0.25, 0.3) is 0 Å². The van der Waals surface area contributed by atoms with E-state index in [9.17, 15) is 0 Å². The van der Waals surface area contributed by atoms with Gasteiger partial charge in [-0.3, -0.25) is 4.90 Å². The van der Waals surface area contributed by atoms with Crippen molar-refractivity contribution < 1.29 is 4.74 Å². The van der Waals surface area contributed by atoms with Gasteiger partial charge in [-0.05, 0) is 43.0 Å². The maximum absolute atomic E-state index is 5.31. The molecule has 0 aromatic heterocycles.